The molecule has 0 bridgehead atoms. The van der Waals surface area contributed by atoms with Crippen molar-refractivity contribution in [3.05, 3.63) is 34.1 Å². The highest BCUT2D eigenvalue weighted by Gasteiger charge is 2.12. The van der Waals surface area contributed by atoms with Crippen LogP contribution in [0.3, 0.4) is 0 Å². The Labute approximate surface area is 92.6 Å². The van der Waals surface area contributed by atoms with Gasteiger partial charge < -0.3 is 5.73 Å². The summed E-state index contributed by atoms with van der Waals surface area (Å²) in [6.45, 7) is 4.21. The molecule has 0 saturated heterocycles. The van der Waals surface area contributed by atoms with Gasteiger partial charge in [-0.1, -0.05) is 29.8 Å². The number of halogens is 2. The molecule has 0 fully saturated rings. The molecule has 0 aliphatic rings. The van der Waals surface area contributed by atoms with E-state index in [2.05, 4.69) is 29.8 Å². The predicted molar refractivity (Wildman–Crippen MR) is 60.5 cm³/mol. The summed E-state index contributed by atoms with van der Waals surface area (Å²) in [6.07, 6.45) is 0.863. The molecule has 1 nitrogen and oxygen atoms in total. The van der Waals surface area contributed by atoms with Crippen molar-refractivity contribution in [1.82, 2.24) is 0 Å². The monoisotopic (exact) mass is 259 g/mol. The van der Waals surface area contributed by atoms with Gasteiger partial charge in [0.1, 0.15) is 5.82 Å². The van der Waals surface area contributed by atoms with Crippen molar-refractivity contribution in [2.45, 2.75) is 26.3 Å². The van der Waals surface area contributed by atoms with Gasteiger partial charge in [0.25, 0.3) is 0 Å². The fourth-order valence-electron chi connectivity index (χ4n) is 1.43. The summed E-state index contributed by atoms with van der Waals surface area (Å²) >= 11 is 3.37. The fraction of sp³-hybridized carbons (Fsp3) is 0.455. The van der Waals surface area contributed by atoms with Gasteiger partial charge in [0.05, 0.1) is 0 Å². The van der Waals surface area contributed by atoms with Gasteiger partial charge >= 0.3 is 0 Å². The first-order valence-corrected chi connectivity index (χ1v) is 5.50. The van der Waals surface area contributed by atoms with Crippen LogP contribution in [0.15, 0.2) is 22.7 Å². The molecule has 0 aliphatic carbocycles. The van der Waals surface area contributed by atoms with Gasteiger partial charge in [-0.25, -0.2) is 4.39 Å². The van der Waals surface area contributed by atoms with Crippen LogP contribution in [-0.4, -0.2) is 0 Å². The van der Waals surface area contributed by atoms with E-state index in [4.69, 9.17) is 5.73 Å². The molecule has 2 N–H and O–H groups in total. The Morgan fingerprint density at radius 1 is 1.43 bits per heavy atom. The van der Waals surface area contributed by atoms with Crippen LogP contribution in [0.25, 0.3) is 0 Å². The number of nitrogens with two attached hydrogens (primary N) is 1. The van der Waals surface area contributed by atoms with Crippen LogP contribution in [0, 0.1) is 11.7 Å². The summed E-state index contributed by atoms with van der Waals surface area (Å²) in [6, 6.07) is 4.53. The third-order valence-corrected chi connectivity index (χ3v) is 2.81. The topological polar surface area (TPSA) is 26.0 Å². The molecule has 0 unspecified atom stereocenters. The van der Waals surface area contributed by atoms with E-state index in [1.807, 2.05) is 0 Å². The van der Waals surface area contributed by atoms with E-state index in [1.165, 1.54) is 12.1 Å². The molecule has 1 aromatic rings. The van der Waals surface area contributed by atoms with Crippen molar-refractivity contribution in [2.24, 2.45) is 11.7 Å². The smallest absolute Gasteiger partial charge is 0.123 e. The zero-order valence-electron chi connectivity index (χ0n) is 8.43. The van der Waals surface area contributed by atoms with Crippen LogP contribution < -0.4 is 5.73 Å². The van der Waals surface area contributed by atoms with Gasteiger partial charge in [-0.15, -0.1) is 0 Å². The van der Waals surface area contributed by atoms with Gasteiger partial charge in [-0.3, -0.25) is 0 Å². The van der Waals surface area contributed by atoms with Crippen LogP contribution in [-0.2, 0) is 0 Å². The summed E-state index contributed by atoms with van der Waals surface area (Å²) in [7, 11) is 0. The molecule has 1 rings (SSSR count). The number of hydrogen-bond acceptors (Lipinski definition) is 1. The second-order valence-electron chi connectivity index (χ2n) is 3.90. The molecule has 14 heavy (non-hydrogen) atoms. The molecular weight excluding hydrogens is 245 g/mol. The van der Waals surface area contributed by atoms with Gasteiger partial charge in [-0.2, -0.15) is 0 Å². The average Bonchev–Trinajstić information content (AvgIpc) is 2.08. The summed E-state index contributed by atoms with van der Waals surface area (Å²) in [5, 5.41) is 0. The Bertz CT molecular complexity index is 312. The van der Waals surface area contributed by atoms with Crippen molar-refractivity contribution in [2.75, 3.05) is 0 Å². The van der Waals surface area contributed by atoms with E-state index in [0.29, 0.717) is 5.92 Å². The first-order chi connectivity index (χ1) is 6.50. The molecule has 3 heteroatoms. The largest absolute Gasteiger partial charge is 0.324 e. The molecule has 0 aromatic heterocycles. The minimum atomic E-state index is -0.234. The van der Waals surface area contributed by atoms with E-state index < -0.39 is 0 Å². The van der Waals surface area contributed by atoms with Crippen LogP contribution in [0.2, 0.25) is 0 Å². The molecule has 78 valence electrons. The molecule has 0 radical (unpaired) electrons. The lowest BCUT2D eigenvalue weighted by Crippen LogP contribution is -2.13. The van der Waals surface area contributed by atoms with E-state index in [9.17, 15) is 4.39 Å². The van der Waals surface area contributed by atoms with Crippen LogP contribution in [0.4, 0.5) is 4.39 Å². The second kappa shape index (κ2) is 4.89. The Kier molecular flexibility index (Phi) is 4.08. The molecule has 0 aliphatic heterocycles. The lowest BCUT2D eigenvalue weighted by atomic mass is 9.98. The standard InChI is InChI=1S/C11H15BrFN/c1-7(2)5-11(14)9-6-8(13)3-4-10(9)12/h3-4,6-7,11H,5,14H2,1-2H3/t11-/m0/s1. The average molecular weight is 260 g/mol. The lowest BCUT2D eigenvalue weighted by molar-refractivity contribution is 0.506. The Morgan fingerprint density at radius 3 is 2.64 bits per heavy atom. The van der Waals surface area contributed by atoms with E-state index >= 15 is 0 Å². The zero-order valence-corrected chi connectivity index (χ0v) is 10.0. The zero-order chi connectivity index (χ0) is 10.7. The maximum Gasteiger partial charge on any atom is 0.123 e. The maximum absolute atomic E-state index is 13.0. The quantitative estimate of drug-likeness (QED) is 0.882. The fourth-order valence-corrected chi connectivity index (χ4v) is 1.97. The summed E-state index contributed by atoms with van der Waals surface area (Å²) in [5.74, 6) is 0.280. The molecule has 0 saturated carbocycles. The summed E-state index contributed by atoms with van der Waals surface area (Å²) in [4.78, 5) is 0. The number of benzene rings is 1. The first-order valence-electron chi connectivity index (χ1n) is 4.71. The van der Waals surface area contributed by atoms with Crippen molar-refractivity contribution >= 4 is 15.9 Å². The third kappa shape index (κ3) is 3.07. The summed E-state index contributed by atoms with van der Waals surface area (Å²) in [5.41, 5.74) is 6.82. The van der Waals surface area contributed by atoms with Crippen molar-refractivity contribution in [1.29, 1.82) is 0 Å². The summed E-state index contributed by atoms with van der Waals surface area (Å²) < 4.78 is 13.9. The van der Waals surface area contributed by atoms with Crippen LogP contribution in [0.1, 0.15) is 31.9 Å². The third-order valence-electron chi connectivity index (χ3n) is 2.08. The minimum absolute atomic E-state index is 0.0972. The molecule has 0 spiro atoms. The maximum atomic E-state index is 13.0. The minimum Gasteiger partial charge on any atom is -0.324 e. The number of hydrogen-bond donors (Lipinski definition) is 1. The van der Waals surface area contributed by atoms with E-state index in [0.717, 1.165) is 16.5 Å². The van der Waals surface area contributed by atoms with E-state index in [-0.39, 0.29) is 11.9 Å². The SMILES string of the molecule is CC(C)C[C@H](N)c1cc(F)ccc1Br. The Hall–Kier alpha value is -0.410. The van der Waals surface area contributed by atoms with Crippen molar-refractivity contribution < 1.29 is 4.39 Å². The molecular formula is C11H15BrFN. The first kappa shape index (κ1) is 11.7. The lowest BCUT2D eigenvalue weighted by Gasteiger charge is -2.15. The van der Waals surface area contributed by atoms with Gasteiger partial charge in [0, 0.05) is 10.5 Å². The normalized spacial score (nSPS) is 13.3. The van der Waals surface area contributed by atoms with Gasteiger partial charge in [0.2, 0.25) is 0 Å². The molecule has 0 heterocycles. The van der Waals surface area contributed by atoms with Crippen LogP contribution >= 0.6 is 15.9 Å². The van der Waals surface area contributed by atoms with Crippen molar-refractivity contribution in [3.63, 3.8) is 0 Å². The molecule has 1 atom stereocenters. The highest BCUT2D eigenvalue weighted by Crippen LogP contribution is 2.26. The number of rotatable bonds is 3. The highest BCUT2D eigenvalue weighted by molar-refractivity contribution is 9.10. The van der Waals surface area contributed by atoms with Crippen LogP contribution in [0.5, 0.6) is 0 Å². The highest BCUT2D eigenvalue weighted by atomic mass is 79.9. The van der Waals surface area contributed by atoms with Crippen molar-refractivity contribution in [3.8, 4) is 0 Å². The molecule has 1 aromatic carbocycles. The van der Waals surface area contributed by atoms with Gasteiger partial charge in [-0.05, 0) is 36.1 Å². The second-order valence-corrected chi connectivity index (χ2v) is 4.76. The Balaban J connectivity index is 2.88. The van der Waals surface area contributed by atoms with E-state index in [1.54, 1.807) is 6.07 Å². The Morgan fingerprint density at radius 2 is 2.07 bits per heavy atom. The van der Waals surface area contributed by atoms with Gasteiger partial charge in [0.15, 0.2) is 0 Å². The molecule has 0 amide bonds. The predicted octanol–water partition coefficient (Wildman–Crippen LogP) is 3.63.